The zero-order valence-corrected chi connectivity index (χ0v) is 12.6. The zero-order chi connectivity index (χ0) is 12.4. The molecular weight excluding hydrogens is 273 g/mol. The lowest BCUT2D eigenvalue weighted by Gasteiger charge is -2.45. The number of halogens is 2. The molecule has 1 nitrogen and oxygen atoms in total. The molecule has 3 atom stereocenters. The Balaban J connectivity index is 2.02. The van der Waals surface area contributed by atoms with Gasteiger partial charge in [0.25, 0.3) is 0 Å². The van der Waals surface area contributed by atoms with Gasteiger partial charge >= 0.3 is 0 Å². The van der Waals surface area contributed by atoms with Crippen molar-refractivity contribution in [3.63, 3.8) is 0 Å². The van der Waals surface area contributed by atoms with Crippen LogP contribution in [-0.2, 0) is 0 Å². The van der Waals surface area contributed by atoms with Crippen LogP contribution in [0.2, 0.25) is 8.67 Å². The van der Waals surface area contributed by atoms with Gasteiger partial charge in [-0.1, -0.05) is 43.5 Å². The maximum absolute atomic E-state index is 6.24. The van der Waals surface area contributed by atoms with Crippen LogP contribution in [0.5, 0.6) is 0 Å². The fourth-order valence-electron chi connectivity index (χ4n) is 2.80. The Labute approximate surface area is 118 Å². The van der Waals surface area contributed by atoms with Gasteiger partial charge in [0.15, 0.2) is 0 Å². The lowest BCUT2D eigenvalue weighted by atomic mass is 9.65. The molecule has 1 fully saturated rings. The molecule has 1 heterocycles. The molecule has 0 bridgehead atoms. The Hall–Kier alpha value is 0.240. The molecule has 2 rings (SSSR count). The molecule has 17 heavy (non-hydrogen) atoms. The van der Waals surface area contributed by atoms with E-state index in [0.29, 0.717) is 17.9 Å². The third kappa shape index (κ3) is 2.81. The lowest BCUT2D eigenvalue weighted by Crippen LogP contribution is -2.49. The van der Waals surface area contributed by atoms with Crippen molar-refractivity contribution in [3.8, 4) is 0 Å². The highest BCUT2D eigenvalue weighted by molar-refractivity contribution is 7.20. The second-order valence-corrected chi connectivity index (χ2v) is 7.04. The zero-order valence-electron chi connectivity index (χ0n) is 10.3. The van der Waals surface area contributed by atoms with Crippen molar-refractivity contribution >= 4 is 34.5 Å². The molecular formula is C13H19Cl2NS. The predicted molar refractivity (Wildman–Crippen MR) is 77.6 cm³/mol. The van der Waals surface area contributed by atoms with Gasteiger partial charge in [0.2, 0.25) is 0 Å². The molecule has 1 saturated carbocycles. The van der Waals surface area contributed by atoms with E-state index in [1.54, 1.807) is 0 Å². The van der Waals surface area contributed by atoms with Gasteiger partial charge in [-0.05, 0) is 42.9 Å². The molecule has 1 aliphatic carbocycles. The highest BCUT2D eigenvalue weighted by Gasteiger charge is 2.41. The Kier molecular flexibility index (Phi) is 4.76. The van der Waals surface area contributed by atoms with Crippen LogP contribution < -0.4 is 5.32 Å². The van der Waals surface area contributed by atoms with Crippen molar-refractivity contribution in [3.05, 3.63) is 20.3 Å². The first-order valence-electron chi connectivity index (χ1n) is 6.35. The topological polar surface area (TPSA) is 12.0 Å². The average molecular weight is 292 g/mol. The van der Waals surface area contributed by atoms with Crippen molar-refractivity contribution in [2.75, 3.05) is 6.54 Å². The van der Waals surface area contributed by atoms with E-state index in [1.165, 1.54) is 36.2 Å². The molecule has 1 aliphatic rings. The van der Waals surface area contributed by atoms with Crippen LogP contribution in [0, 0.1) is 5.92 Å². The molecule has 4 heteroatoms. The summed E-state index contributed by atoms with van der Waals surface area (Å²) in [4.78, 5) is 0. The summed E-state index contributed by atoms with van der Waals surface area (Å²) in [6, 6.07) is 2.72. The lowest BCUT2D eigenvalue weighted by molar-refractivity contribution is 0.161. The van der Waals surface area contributed by atoms with E-state index in [2.05, 4.69) is 25.2 Å². The van der Waals surface area contributed by atoms with Crippen molar-refractivity contribution < 1.29 is 0 Å². The molecule has 0 saturated heterocycles. The van der Waals surface area contributed by atoms with E-state index in [-0.39, 0.29) is 0 Å². The molecule has 1 aromatic heterocycles. The first kappa shape index (κ1) is 13.7. The minimum absolute atomic E-state index is 0.602. The van der Waals surface area contributed by atoms with Gasteiger partial charge in [0.05, 0.1) is 8.67 Å². The standard InChI is InChI=1S/C13H19Cl2NS/c1-3-5-16-11-6-9(8(11)4-2)10-7-12(14)17-13(10)15/h7-9,11,16H,3-6H2,1-2H3. The number of thiophene rings is 1. The molecule has 0 radical (unpaired) electrons. The van der Waals surface area contributed by atoms with Crippen LogP contribution >= 0.6 is 34.5 Å². The summed E-state index contributed by atoms with van der Waals surface area (Å²) >= 11 is 13.7. The second-order valence-electron chi connectivity index (χ2n) is 4.75. The molecule has 96 valence electrons. The van der Waals surface area contributed by atoms with Crippen LogP contribution in [-0.4, -0.2) is 12.6 Å². The summed E-state index contributed by atoms with van der Waals surface area (Å²) < 4.78 is 1.69. The monoisotopic (exact) mass is 291 g/mol. The first-order valence-corrected chi connectivity index (χ1v) is 7.92. The van der Waals surface area contributed by atoms with Crippen LogP contribution in [0.25, 0.3) is 0 Å². The van der Waals surface area contributed by atoms with Crippen LogP contribution in [0.15, 0.2) is 6.07 Å². The minimum Gasteiger partial charge on any atom is -0.314 e. The highest BCUT2D eigenvalue weighted by atomic mass is 35.5. The van der Waals surface area contributed by atoms with E-state index < -0.39 is 0 Å². The van der Waals surface area contributed by atoms with Crippen LogP contribution in [0.1, 0.15) is 44.6 Å². The summed E-state index contributed by atoms with van der Waals surface area (Å²) in [5.41, 5.74) is 1.27. The number of nitrogens with one attached hydrogen (secondary N) is 1. The molecule has 1 aromatic rings. The molecule has 1 N–H and O–H groups in total. The predicted octanol–water partition coefficient (Wildman–Crippen LogP) is 4.94. The quantitative estimate of drug-likeness (QED) is 0.810. The first-order chi connectivity index (χ1) is 8.17. The van der Waals surface area contributed by atoms with Crippen molar-refractivity contribution in [2.45, 2.75) is 45.1 Å². The maximum atomic E-state index is 6.24. The Bertz CT molecular complexity index is 377. The Morgan fingerprint density at radius 2 is 2.18 bits per heavy atom. The summed E-state index contributed by atoms with van der Waals surface area (Å²) in [5, 5.41) is 3.62. The van der Waals surface area contributed by atoms with Gasteiger partial charge in [0, 0.05) is 6.04 Å². The van der Waals surface area contributed by atoms with E-state index in [9.17, 15) is 0 Å². The average Bonchev–Trinajstić information content (AvgIpc) is 2.57. The fourth-order valence-corrected chi connectivity index (χ4v) is 4.40. The van der Waals surface area contributed by atoms with Crippen molar-refractivity contribution in [2.24, 2.45) is 5.92 Å². The van der Waals surface area contributed by atoms with Gasteiger partial charge in [-0.2, -0.15) is 0 Å². The summed E-state index contributed by atoms with van der Waals surface area (Å²) in [6.45, 7) is 5.59. The van der Waals surface area contributed by atoms with E-state index in [1.807, 2.05) is 0 Å². The third-order valence-electron chi connectivity index (χ3n) is 3.75. The van der Waals surface area contributed by atoms with Gasteiger partial charge < -0.3 is 5.32 Å². The van der Waals surface area contributed by atoms with Gasteiger partial charge in [-0.25, -0.2) is 0 Å². The van der Waals surface area contributed by atoms with Gasteiger partial charge in [-0.3, -0.25) is 0 Å². The van der Waals surface area contributed by atoms with Gasteiger partial charge in [-0.15, -0.1) is 11.3 Å². The molecule has 0 aliphatic heterocycles. The number of hydrogen-bond donors (Lipinski definition) is 1. The third-order valence-corrected chi connectivity index (χ3v) is 5.27. The molecule has 0 spiro atoms. The molecule has 0 aromatic carbocycles. The number of rotatable bonds is 5. The van der Waals surface area contributed by atoms with Crippen LogP contribution in [0.4, 0.5) is 0 Å². The largest absolute Gasteiger partial charge is 0.314 e. The minimum atomic E-state index is 0.602. The van der Waals surface area contributed by atoms with E-state index in [4.69, 9.17) is 23.2 Å². The summed E-state index contributed by atoms with van der Waals surface area (Å²) in [7, 11) is 0. The van der Waals surface area contributed by atoms with Crippen molar-refractivity contribution in [1.29, 1.82) is 0 Å². The smallest absolute Gasteiger partial charge is 0.0979 e. The Morgan fingerprint density at radius 3 is 2.71 bits per heavy atom. The van der Waals surface area contributed by atoms with Gasteiger partial charge in [0.1, 0.15) is 0 Å². The number of hydrogen-bond acceptors (Lipinski definition) is 2. The Morgan fingerprint density at radius 1 is 1.41 bits per heavy atom. The van der Waals surface area contributed by atoms with E-state index >= 15 is 0 Å². The second kappa shape index (κ2) is 5.92. The van der Waals surface area contributed by atoms with E-state index in [0.717, 1.165) is 15.2 Å². The normalized spacial score (nSPS) is 28.1. The summed E-state index contributed by atoms with van der Waals surface area (Å²) in [6.07, 6.45) is 3.60. The maximum Gasteiger partial charge on any atom is 0.0979 e. The van der Waals surface area contributed by atoms with Crippen LogP contribution in [0.3, 0.4) is 0 Å². The highest BCUT2D eigenvalue weighted by Crippen LogP contribution is 2.49. The molecule has 0 amide bonds. The summed E-state index contributed by atoms with van der Waals surface area (Å²) in [5.74, 6) is 1.32. The van der Waals surface area contributed by atoms with Crippen molar-refractivity contribution in [1.82, 2.24) is 5.32 Å². The molecule has 3 unspecified atom stereocenters. The fraction of sp³-hybridized carbons (Fsp3) is 0.692. The SMILES string of the molecule is CCCNC1CC(c2cc(Cl)sc2Cl)C1CC.